The molecule has 0 saturated carbocycles. The van der Waals surface area contributed by atoms with E-state index in [1.54, 1.807) is 6.07 Å². The summed E-state index contributed by atoms with van der Waals surface area (Å²) in [5, 5.41) is 11.8. The molecule has 0 bridgehead atoms. The first-order valence-electron chi connectivity index (χ1n) is 3.43. The van der Waals surface area contributed by atoms with Crippen LogP contribution in [0.15, 0.2) is 0 Å². The molecule has 5 nitrogen and oxygen atoms in total. The van der Waals surface area contributed by atoms with Gasteiger partial charge >= 0.3 is 6.18 Å². The molecule has 0 atom stereocenters. The molecule has 0 aliphatic carbocycles. The SMILES string of the molecule is N#Cc1c(N)nn(CC(F)(F)F)c1N. The maximum absolute atomic E-state index is 11.9. The van der Waals surface area contributed by atoms with Crippen LogP contribution in [-0.4, -0.2) is 16.0 Å². The first-order chi connectivity index (χ1) is 6.35. The molecule has 0 aliphatic rings. The van der Waals surface area contributed by atoms with Gasteiger partial charge in [-0.2, -0.15) is 23.5 Å². The number of nitrogens with two attached hydrogens (primary N) is 2. The largest absolute Gasteiger partial charge is 0.408 e. The average Bonchev–Trinajstić information content (AvgIpc) is 2.24. The highest BCUT2D eigenvalue weighted by Crippen LogP contribution is 2.23. The van der Waals surface area contributed by atoms with E-state index in [9.17, 15) is 13.2 Å². The fourth-order valence-electron chi connectivity index (χ4n) is 0.899. The Kier molecular flexibility index (Phi) is 2.25. The van der Waals surface area contributed by atoms with Crippen LogP contribution >= 0.6 is 0 Å². The maximum atomic E-state index is 11.9. The Morgan fingerprint density at radius 2 is 2.00 bits per heavy atom. The molecular weight excluding hydrogens is 199 g/mol. The summed E-state index contributed by atoms with van der Waals surface area (Å²) in [4.78, 5) is 0. The number of nitrogens with zero attached hydrogens (tertiary/aromatic N) is 3. The number of rotatable bonds is 1. The van der Waals surface area contributed by atoms with Crippen molar-refractivity contribution < 1.29 is 13.2 Å². The first-order valence-corrected chi connectivity index (χ1v) is 3.43. The van der Waals surface area contributed by atoms with Gasteiger partial charge < -0.3 is 11.5 Å². The Hall–Kier alpha value is -1.91. The molecule has 1 rings (SSSR count). The molecule has 0 unspecified atom stereocenters. The summed E-state index contributed by atoms with van der Waals surface area (Å²) < 4.78 is 36.2. The predicted molar refractivity (Wildman–Crippen MR) is 41.8 cm³/mol. The van der Waals surface area contributed by atoms with Gasteiger partial charge in [-0.15, -0.1) is 0 Å². The predicted octanol–water partition coefficient (Wildman–Crippen LogP) is 0.481. The van der Waals surface area contributed by atoms with Crippen LogP contribution in [0.4, 0.5) is 24.8 Å². The van der Waals surface area contributed by atoms with Gasteiger partial charge in [0.05, 0.1) is 0 Å². The number of anilines is 2. The van der Waals surface area contributed by atoms with Gasteiger partial charge in [-0.25, -0.2) is 4.68 Å². The van der Waals surface area contributed by atoms with E-state index in [4.69, 9.17) is 16.7 Å². The molecule has 0 saturated heterocycles. The Bertz CT molecular complexity index is 385. The van der Waals surface area contributed by atoms with E-state index in [-0.39, 0.29) is 17.2 Å². The Balaban J connectivity index is 3.08. The summed E-state index contributed by atoms with van der Waals surface area (Å²) in [5.41, 5.74) is 10.2. The van der Waals surface area contributed by atoms with Crippen molar-refractivity contribution >= 4 is 11.6 Å². The van der Waals surface area contributed by atoms with Crippen molar-refractivity contribution in [2.24, 2.45) is 0 Å². The molecule has 14 heavy (non-hydrogen) atoms. The molecule has 0 aromatic carbocycles. The van der Waals surface area contributed by atoms with Crippen LogP contribution in [0, 0.1) is 11.3 Å². The highest BCUT2D eigenvalue weighted by atomic mass is 19.4. The molecule has 76 valence electrons. The Morgan fingerprint density at radius 3 is 2.36 bits per heavy atom. The van der Waals surface area contributed by atoms with Gasteiger partial charge in [0, 0.05) is 0 Å². The van der Waals surface area contributed by atoms with Crippen LogP contribution in [-0.2, 0) is 6.54 Å². The molecule has 1 aromatic heterocycles. The molecule has 0 aliphatic heterocycles. The average molecular weight is 205 g/mol. The Labute approximate surface area is 76.7 Å². The van der Waals surface area contributed by atoms with Crippen molar-refractivity contribution in [1.29, 1.82) is 5.26 Å². The third-order valence-corrected chi connectivity index (χ3v) is 1.46. The van der Waals surface area contributed by atoms with Gasteiger partial charge in [-0.1, -0.05) is 0 Å². The van der Waals surface area contributed by atoms with E-state index < -0.39 is 12.7 Å². The quantitative estimate of drug-likeness (QED) is 0.697. The number of nitriles is 1. The number of hydrogen-bond acceptors (Lipinski definition) is 4. The normalized spacial score (nSPS) is 11.3. The maximum Gasteiger partial charge on any atom is 0.408 e. The number of alkyl halides is 3. The van der Waals surface area contributed by atoms with E-state index in [0.717, 1.165) is 0 Å². The zero-order valence-electron chi connectivity index (χ0n) is 6.84. The van der Waals surface area contributed by atoms with Crippen LogP contribution in [0.1, 0.15) is 5.56 Å². The molecule has 0 fully saturated rings. The zero-order chi connectivity index (χ0) is 10.9. The minimum Gasteiger partial charge on any atom is -0.383 e. The molecular formula is C6H6F3N5. The van der Waals surface area contributed by atoms with Gasteiger partial charge in [0.15, 0.2) is 5.82 Å². The fourth-order valence-corrected chi connectivity index (χ4v) is 0.899. The van der Waals surface area contributed by atoms with Crippen molar-refractivity contribution in [3.05, 3.63) is 5.56 Å². The van der Waals surface area contributed by atoms with Crippen molar-refractivity contribution in [2.45, 2.75) is 12.7 Å². The topological polar surface area (TPSA) is 93.6 Å². The van der Waals surface area contributed by atoms with Crippen molar-refractivity contribution in [1.82, 2.24) is 9.78 Å². The smallest absolute Gasteiger partial charge is 0.383 e. The molecule has 0 radical (unpaired) electrons. The molecule has 1 heterocycles. The molecule has 0 amide bonds. The van der Waals surface area contributed by atoms with Gasteiger partial charge in [-0.05, 0) is 0 Å². The van der Waals surface area contributed by atoms with Crippen LogP contribution in [0.25, 0.3) is 0 Å². The molecule has 1 aromatic rings. The van der Waals surface area contributed by atoms with Crippen LogP contribution in [0.3, 0.4) is 0 Å². The minimum absolute atomic E-state index is 0.228. The summed E-state index contributed by atoms with van der Waals surface area (Å²) >= 11 is 0. The molecule has 4 N–H and O–H groups in total. The zero-order valence-corrected chi connectivity index (χ0v) is 6.84. The van der Waals surface area contributed by atoms with E-state index in [1.807, 2.05) is 0 Å². The third-order valence-electron chi connectivity index (χ3n) is 1.46. The fraction of sp³-hybridized carbons (Fsp3) is 0.333. The number of hydrogen-bond donors (Lipinski definition) is 2. The number of aromatic nitrogens is 2. The van der Waals surface area contributed by atoms with E-state index >= 15 is 0 Å². The lowest BCUT2D eigenvalue weighted by molar-refractivity contribution is -0.142. The summed E-state index contributed by atoms with van der Waals surface area (Å²) in [6.07, 6.45) is -4.45. The second kappa shape index (κ2) is 3.10. The lowest BCUT2D eigenvalue weighted by Crippen LogP contribution is -2.20. The molecule has 8 heteroatoms. The van der Waals surface area contributed by atoms with Gasteiger partial charge in [0.2, 0.25) is 0 Å². The Morgan fingerprint density at radius 1 is 1.43 bits per heavy atom. The lowest BCUT2D eigenvalue weighted by atomic mass is 10.3. The van der Waals surface area contributed by atoms with Gasteiger partial charge in [0.1, 0.15) is 24.0 Å². The van der Waals surface area contributed by atoms with E-state index in [0.29, 0.717) is 4.68 Å². The van der Waals surface area contributed by atoms with Gasteiger partial charge in [0.25, 0.3) is 0 Å². The molecule has 0 spiro atoms. The van der Waals surface area contributed by atoms with E-state index in [2.05, 4.69) is 5.10 Å². The highest BCUT2D eigenvalue weighted by molar-refractivity contribution is 5.61. The summed E-state index contributed by atoms with van der Waals surface area (Å²) in [7, 11) is 0. The highest BCUT2D eigenvalue weighted by Gasteiger charge is 2.30. The second-order valence-electron chi connectivity index (χ2n) is 2.53. The third kappa shape index (κ3) is 1.87. The van der Waals surface area contributed by atoms with Gasteiger partial charge in [-0.3, -0.25) is 0 Å². The number of nitrogen functional groups attached to an aromatic ring is 2. The first kappa shape index (κ1) is 10.2. The standard InChI is InChI=1S/C6H6F3N5/c7-6(8,9)2-14-5(12)3(1-10)4(11)13-14/h2,12H2,(H2,11,13). The summed E-state index contributed by atoms with van der Waals surface area (Å²) in [5.74, 6) is -0.670. The summed E-state index contributed by atoms with van der Waals surface area (Å²) in [6.45, 7) is -1.36. The minimum atomic E-state index is -4.45. The van der Waals surface area contributed by atoms with Crippen molar-refractivity contribution in [3.8, 4) is 6.07 Å². The van der Waals surface area contributed by atoms with Crippen LogP contribution in [0.5, 0.6) is 0 Å². The monoisotopic (exact) mass is 205 g/mol. The lowest BCUT2D eigenvalue weighted by Gasteiger charge is -2.06. The second-order valence-corrected chi connectivity index (χ2v) is 2.53. The van der Waals surface area contributed by atoms with Crippen molar-refractivity contribution in [3.63, 3.8) is 0 Å². The number of halogens is 3. The van der Waals surface area contributed by atoms with E-state index in [1.165, 1.54) is 0 Å². The van der Waals surface area contributed by atoms with Crippen molar-refractivity contribution in [2.75, 3.05) is 11.5 Å². The summed E-state index contributed by atoms with van der Waals surface area (Å²) in [6, 6.07) is 1.57. The van der Waals surface area contributed by atoms with Crippen LogP contribution in [0.2, 0.25) is 0 Å². The van der Waals surface area contributed by atoms with Crippen LogP contribution < -0.4 is 11.5 Å².